The Morgan fingerprint density at radius 2 is 1.70 bits per heavy atom. The first kappa shape index (κ1) is 14.9. The van der Waals surface area contributed by atoms with E-state index < -0.39 is 17.2 Å². The van der Waals surface area contributed by atoms with Gasteiger partial charge in [0, 0.05) is 11.0 Å². The minimum Gasteiger partial charge on any atom is -0.384 e. The quantitative estimate of drug-likeness (QED) is 0.879. The predicted octanol–water partition coefficient (Wildman–Crippen LogP) is 4.05. The highest BCUT2D eigenvalue weighted by Gasteiger charge is 2.23. The number of nitrogens with one attached hydrogen (secondary N) is 1. The van der Waals surface area contributed by atoms with Gasteiger partial charge in [-0.3, -0.25) is 0 Å². The van der Waals surface area contributed by atoms with E-state index in [-0.39, 0.29) is 12.2 Å². The summed E-state index contributed by atoms with van der Waals surface area (Å²) >= 11 is 3.02. The molecule has 5 heteroatoms. The van der Waals surface area contributed by atoms with Gasteiger partial charge in [0.25, 0.3) is 0 Å². The fourth-order valence-corrected chi connectivity index (χ4v) is 2.27. The summed E-state index contributed by atoms with van der Waals surface area (Å²) in [5.41, 5.74) is -0.803. The van der Waals surface area contributed by atoms with Gasteiger partial charge in [-0.2, -0.15) is 0 Å². The molecule has 2 rings (SSSR count). The molecule has 1 atom stereocenters. The van der Waals surface area contributed by atoms with Crippen molar-refractivity contribution in [2.24, 2.45) is 0 Å². The van der Waals surface area contributed by atoms with E-state index in [4.69, 9.17) is 0 Å². The van der Waals surface area contributed by atoms with E-state index in [0.717, 1.165) is 0 Å². The molecule has 106 valence electrons. The average Bonchev–Trinajstić information content (AvgIpc) is 2.38. The van der Waals surface area contributed by atoms with Gasteiger partial charge in [0.05, 0.1) is 0 Å². The van der Waals surface area contributed by atoms with Gasteiger partial charge in [-0.25, -0.2) is 8.78 Å². The van der Waals surface area contributed by atoms with Crippen molar-refractivity contribution in [2.45, 2.75) is 12.5 Å². The van der Waals surface area contributed by atoms with Crippen LogP contribution in [0.3, 0.4) is 0 Å². The third-order valence-electron chi connectivity index (χ3n) is 3.01. The first-order valence-electron chi connectivity index (χ1n) is 6.06. The van der Waals surface area contributed by atoms with Gasteiger partial charge in [-0.15, -0.1) is 0 Å². The van der Waals surface area contributed by atoms with Crippen LogP contribution < -0.4 is 5.32 Å². The highest BCUT2D eigenvalue weighted by Crippen LogP contribution is 2.26. The fourth-order valence-electron chi connectivity index (χ4n) is 1.87. The summed E-state index contributed by atoms with van der Waals surface area (Å²) in [6.45, 7) is 1.58. The lowest BCUT2D eigenvalue weighted by Crippen LogP contribution is -2.31. The van der Waals surface area contributed by atoms with Crippen molar-refractivity contribution in [3.8, 4) is 0 Å². The van der Waals surface area contributed by atoms with Crippen LogP contribution in [-0.4, -0.2) is 11.7 Å². The van der Waals surface area contributed by atoms with Crippen LogP contribution in [0.1, 0.15) is 12.5 Å². The van der Waals surface area contributed by atoms with Gasteiger partial charge in [0.2, 0.25) is 0 Å². The van der Waals surface area contributed by atoms with E-state index in [0.29, 0.717) is 10.0 Å². The Bertz CT molecular complexity index is 579. The van der Waals surface area contributed by atoms with Crippen molar-refractivity contribution < 1.29 is 13.9 Å². The third-order valence-corrected chi connectivity index (χ3v) is 3.47. The summed E-state index contributed by atoms with van der Waals surface area (Å²) in [6.07, 6.45) is 0. The molecule has 0 fully saturated rings. The lowest BCUT2D eigenvalue weighted by molar-refractivity contribution is 0.0714. The molecule has 0 bridgehead atoms. The zero-order valence-corrected chi connectivity index (χ0v) is 12.4. The third kappa shape index (κ3) is 3.35. The topological polar surface area (TPSA) is 32.3 Å². The van der Waals surface area contributed by atoms with Gasteiger partial charge >= 0.3 is 0 Å². The Balaban J connectivity index is 2.17. The van der Waals surface area contributed by atoms with Crippen LogP contribution in [0.15, 0.2) is 46.9 Å². The zero-order valence-electron chi connectivity index (χ0n) is 10.8. The van der Waals surface area contributed by atoms with E-state index in [2.05, 4.69) is 21.2 Å². The number of benzene rings is 2. The van der Waals surface area contributed by atoms with Crippen molar-refractivity contribution in [2.75, 3.05) is 11.9 Å². The van der Waals surface area contributed by atoms with Gasteiger partial charge in [-0.1, -0.05) is 46.3 Å². The Morgan fingerprint density at radius 1 is 1.15 bits per heavy atom. The van der Waals surface area contributed by atoms with Crippen LogP contribution in [0.2, 0.25) is 0 Å². The van der Waals surface area contributed by atoms with E-state index in [1.54, 1.807) is 31.2 Å². The summed E-state index contributed by atoms with van der Waals surface area (Å²) in [6, 6.07) is 11.3. The number of anilines is 1. The standard InChI is InChI=1S/C15H14BrF2NO/c1-15(20,10-5-3-2-4-6-10)9-19-14-12(17)7-11(16)8-13(14)18/h2-8,19-20H,9H2,1H3. The second kappa shape index (κ2) is 5.89. The summed E-state index contributed by atoms with van der Waals surface area (Å²) in [5, 5.41) is 13.0. The Labute approximate surface area is 124 Å². The first-order valence-corrected chi connectivity index (χ1v) is 6.86. The van der Waals surface area contributed by atoms with Gasteiger partial charge in [0.15, 0.2) is 0 Å². The van der Waals surface area contributed by atoms with Crippen LogP contribution in [-0.2, 0) is 5.60 Å². The van der Waals surface area contributed by atoms with Crippen molar-refractivity contribution in [3.63, 3.8) is 0 Å². The highest BCUT2D eigenvalue weighted by molar-refractivity contribution is 9.10. The molecule has 2 aromatic carbocycles. The van der Waals surface area contributed by atoms with E-state index in [1.807, 2.05) is 6.07 Å². The SMILES string of the molecule is CC(O)(CNc1c(F)cc(Br)cc1F)c1ccccc1. The van der Waals surface area contributed by atoms with Crippen LogP contribution in [0.25, 0.3) is 0 Å². The Kier molecular flexibility index (Phi) is 4.40. The largest absolute Gasteiger partial charge is 0.384 e. The highest BCUT2D eigenvalue weighted by atomic mass is 79.9. The molecular weight excluding hydrogens is 328 g/mol. The summed E-state index contributed by atoms with van der Waals surface area (Å²) in [5.74, 6) is -1.42. The second-order valence-corrected chi connectivity index (χ2v) is 5.65. The lowest BCUT2D eigenvalue weighted by Gasteiger charge is -2.25. The lowest BCUT2D eigenvalue weighted by atomic mass is 9.96. The molecule has 0 heterocycles. The number of aliphatic hydroxyl groups is 1. The smallest absolute Gasteiger partial charge is 0.150 e. The Hall–Kier alpha value is -1.46. The van der Waals surface area contributed by atoms with Crippen molar-refractivity contribution in [1.82, 2.24) is 0 Å². The molecular formula is C15H14BrF2NO. The molecule has 20 heavy (non-hydrogen) atoms. The predicted molar refractivity (Wildman–Crippen MR) is 78.6 cm³/mol. The maximum Gasteiger partial charge on any atom is 0.150 e. The van der Waals surface area contributed by atoms with Crippen LogP contribution in [0, 0.1) is 11.6 Å². The van der Waals surface area contributed by atoms with Gasteiger partial charge in [-0.05, 0) is 24.6 Å². The molecule has 1 unspecified atom stereocenters. The maximum atomic E-state index is 13.7. The fraction of sp³-hybridized carbons (Fsp3) is 0.200. The average molecular weight is 342 g/mol. The molecule has 0 spiro atoms. The molecule has 2 N–H and O–H groups in total. The van der Waals surface area contributed by atoms with E-state index in [9.17, 15) is 13.9 Å². The summed E-state index contributed by atoms with van der Waals surface area (Å²) in [7, 11) is 0. The molecule has 2 aromatic rings. The van der Waals surface area contributed by atoms with Crippen LogP contribution in [0.5, 0.6) is 0 Å². The number of hydrogen-bond acceptors (Lipinski definition) is 2. The summed E-state index contributed by atoms with van der Waals surface area (Å²) < 4.78 is 27.7. The second-order valence-electron chi connectivity index (χ2n) is 4.74. The Morgan fingerprint density at radius 3 is 2.25 bits per heavy atom. The van der Waals surface area contributed by atoms with Gasteiger partial charge in [0.1, 0.15) is 22.9 Å². The number of rotatable bonds is 4. The van der Waals surface area contributed by atoms with E-state index >= 15 is 0 Å². The number of halogens is 3. The molecule has 0 aromatic heterocycles. The molecule has 0 saturated heterocycles. The minimum atomic E-state index is -1.23. The van der Waals surface area contributed by atoms with Crippen molar-refractivity contribution in [3.05, 3.63) is 64.1 Å². The van der Waals surface area contributed by atoms with Crippen LogP contribution in [0.4, 0.5) is 14.5 Å². The summed E-state index contributed by atoms with van der Waals surface area (Å²) in [4.78, 5) is 0. The van der Waals surface area contributed by atoms with E-state index in [1.165, 1.54) is 12.1 Å². The first-order chi connectivity index (χ1) is 9.40. The van der Waals surface area contributed by atoms with Crippen molar-refractivity contribution >= 4 is 21.6 Å². The molecule has 2 nitrogen and oxygen atoms in total. The van der Waals surface area contributed by atoms with Gasteiger partial charge < -0.3 is 10.4 Å². The van der Waals surface area contributed by atoms with Crippen LogP contribution >= 0.6 is 15.9 Å². The molecule has 0 aliphatic heterocycles. The maximum absolute atomic E-state index is 13.7. The molecule has 0 aliphatic rings. The molecule has 0 amide bonds. The minimum absolute atomic E-state index is 0.00745. The number of hydrogen-bond donors (Lipinski definition) is 2. The monoisotopic (exact) mass is 341 g/mol. The normalized spacial score (nSPS) is 13.8. The zero-order chi connectivity index (χ0) is 14.8. The molecule has 0 aliphatic carbocycles. The van der Waals surface area contributed by atoms with Crippen molar-refractivity contribution in [1.29, 1.82) is 0 Å². The molecule has 0 saturated carbocycles. The molecule has 0 radical (unpaired) electrons.